The molecule has 3 aromatic rings. The summed E-state index contributed by atoms with van der Waals surface area (Å²) in [4.78, 5) is 1.31. The Labute approximate surface area is 135 Å². The predicted molar refractivity (Wildman–Crippen MR) is 92.4 cm³/mol. The number of ether oxygens (including phenoxy) is 1. The molecular formula is C19H19NOS. The molecule has 3 rings (SSSR count). The summed E-state index contributed by atoms with van der Waals surface area (Å²) >= 11 is 1.75. The number of benzene rings is 2. The zero-order valence-corrected chi connectivity index (χ0v) is 13.1. The molecule has 0 saturated carbocycles. The third-order valence-corrected chi connectivity index (χ3v) is 4.64. The molecule has 0 spiro atoms. The van der Waals surface area contributed by atoms with Gasteiger partial charge in [-0.3, -0.25) is 0 Å². The van der Waals surface area contributed by atoms with Crippen molar-refractivity contribution in [2.75, 3.05) is 6.54 Å². The van der Waals surface area contributed by atoms with Crippen LogP contribution in [-0.4, -0.2) is 6.54 Å². The summed E-state index contributed by atoms with van der Waals surface area (Å²) in [5.74, 6) is 1.15. The second kappa shape index (κ2) is 7.25. The van der Waals surface area contributed by atoms with Gasteiger partial charge in [-0.15, -0.1) is 11.3 Å². The summed E-state index contributed by atoms with van der Waals surface area (Å²) in [6.45, 7) is 1.20. The molecule has 0 aliphatic carbocycles. The molecule has 0 aliphatic heterocycles. The molecule has 0 aliphatic rings. The Morgan fingerprint density at radius 1 is 0.909 bits per heavy atom. The fourth-order valence-corrected chi connectivity index (χ4v) is 3.31. The van der Waals surface area contributed by atoms with Crippen molar-refractivity contribution in [1.82, 2.24) is 0 Å². The van der Waals surface area contributed by atoms with E-state index in [-0.39, 0.29) is 5.92 Å². The van der Waals surface area contributed by atoms with Gasteiger partial charge in [0.25, 0.3) is 0 Å². The smallest absolute Gasteiger partial charge is 0.119 e. The number of rotatable bonds is 6. The summed E-state index contributed by atoms with van der Waals surface area (Å²) in [5.41, 5.74) is 8.35. The summed E-state index contributed by atoms with van der Waals surface area (Å²) < 4.78 is 5.82. The lowest BCUT2D eigenvalue weighted by molar-refractivity contribution is 0.306. The SMILES string of the molecule is NCC(c1ccc(OCc2ccccc2)cc1)c1cccs1. The minimum atomic E-state index is 0.267. The van der Waals surface area contributed by atoms with Crippen molar-refractivity contribution < 1.29 is 4.74 Å². The maximum atomic E-state index is 5.94. The normalized spacial score (nSPS) is 12.0. The molecule has 0 amide bonds. The van der Waals surface area contributed by atoms with Crippen molar-refractivity contribution >= 4 is 11.3 Å². The highest BCUT2D eigenvalue weighted by atomic mass is 32.1. The Bertz CT molecular complexity index is 677. The number of thiophene rings is 1. The van der Waals surface area contributed by atoms with E-state index < -0.39 is 0 Å². The Kier molecular flexibility index (Phi) is 4.88. The third-order valence-electron chi connectivity index (χ3n) is 3.65. The van der Waals surface area contributed by atoms with Crippen LogP contribution in [0.25, 0.3) is 0 Å². The van der Waals surface area contributed by atoms with Crippen molar-refractivity contribution in [3.63, 3.8) is 0 Å². The quantitative estimate of drug-likeness (QED) is 0.731. The van der Waals surface area contributed by atoms with Crippen LogP contribution in [0.15, 0.2) is 72.1 Å². The second-order valence-corrected chi connectivity index (χ2v) is 6.13. The van der Waals surface area contributed by atoms with E-state index in [4.69, 9.17) is 10.5 Å². The molecule has 22 heavy (non-hydrogen) atoms. The van der Waals surface area contributed by atoms with E-state index in [1.807, 2.05) is 30.3 Å². The molecule has 3 heteroatoms. The summed E-state index contributed by atoms with van der Waals surface area (Å²) in [5, 5.41) is 2.09. The van der Waals surface area contributed by atoms with Crippen LogP contribution in [0.4, 0.5) is 0 Å². The number of nitrogens with two attached hydrogens (primary N) is 1. The van der Waals surface area contributed by atoms with Gasteiger partial charge < -0.3 is 10.5 Å². The van der Waals surface area contributed by atoms with Gasteiger partial charge in [-0.2, -0.15) is 0 Å². The van der Waals surface area contributed by atoms with Crippen LogP contribution in [-0.2, 0) is 6.61 Å². The first kappa shape index (κ1) is 14.8. The Morgan fingerprint density at radius 3 is 2.32 bits per heavy atom. The zero-order valence-electron chi connectivity index (χ0n) is 12.3. The van der Waals surface area contributed by atoms with Crippen molar-refractivity contribution in [3.8, 4) is 5.75 Å². The average molecular weight is 309 g/mol. The van der Waals surface area contributed by atoms with E-state index in [1.165, 1.54) is 16.0 Å². The second-order valence-electron chi connectivity index (χ2n) is 5.15. The molecule has 1 unspecified atom stereocenters. The molecule has 1 heterocycles. The van der Waals surface area contributed by atoms with Crippen LogP contribution in [0.1, 0.15) is 21.9 Å². The van der Waals surface area contributed by atoms with E-state index >= 15 is 0 Å². The summed E-state index contributed by atoms with van der Waals surface area (Å²) in [6.07, 6.45) is 0. The summed E-state index contributed by atoms with van der Waals surface area (Å²) in [7, 11) is 0. The average Bonchev–Trinajstić information content (AvgIpc) is 3.10. The molecule has 0 fully saturated rings. The highest BCUT2D eigenvalue weighted by Gasteiger charge is 2.13. The Hall–Kier alpha value is -2.10. The van der Waals surface area contributed by atoms with Gasteiger partial charge in [-0.25, -0.2) is 0 Å². The highest BCUT2D eigenvalue weighted by Crippen LogP contribution is 2.28. The molecule has 0 bridgehead atoms. The first-order chi connectivity index (χ1) is 10.9. The molecule has 0 radical (unpaired) electrons. The minimum Gasteiger partial charge on any atom is -0.489 e. The molecule has 112 valence electrons. The minimum absolute atomic E-state index is 0.267. The molecule has 2 nitrogen and oxygen atoms in total. The van der Waals surface area contributed by atoms with Crippen molar-refractivity contribution in [2.45, 2.75) is 12.5 Å². The third kappa shape index (κ3) is 3.56. The highest BCUT2D eigenvalue weighted by molar-refractivity contribution is 7.10. The van der Waals surface area contributed by atoms with Crippen LogP contribution in [0.2, 0.25) is 0 Å². The first-order valence-electron chi connectivity index (χ1n) is 7.37. The monoisotopic (exact) mass is 309 g/mol. The van der Waals surface area contributed by atoms with E-state index in [2.05, 4.69) is 41.8 Å². The van der Waals surface area contributed by atoms with E-state index in [0.29, 0.717) is 13.2 Å². The largest absolute Gasteiger partial charge is 0.489 e. The standard InChI is InChI=1S/C19H19NOS/c20-13-18(19-7-4-12-22-19)16-8-10-17(11-9-16)21-14-15-5-2-1-3-6-15/h1-12,18H,13-14,20H2. The lowest BCUT2D eigenvalue weighted by atomic mass is 9.97. The zero-order chi connectivity index (χ0) is 15.2. The van der Waals surface area contributed by atoms with Crippen LogP contribution >= 0.6 is 11.3 Å². The van der Waals surface area contributed by atoms with E-state index in [9.17, 15) is 0 Å². The Balaban J connectivity index is 1.67. The predicted octanol–water partition coefficient (Wildman–Crippen LogP) is 4.42. The lowest BCUT2D eigenvalue weighted by Crippen LogP contribution is -2.12. The fourth-order valence-electron chi connectivity index (χ4n) is 2.44. The maximum absolute atomic E-state index is 5.94. The molecule has 2 N–H and O–H groups in total. The van der Waals surface area contributed by atoms with E-state index in [1.54, 1.807) is 11.3 Å². The molecule has 0 saturated heterocycles. The molecular weight excluding hydrogens is 290 g/mol. The molecule has 1 atom stereocenters. The lowest BCUT2D eigenvalue weighted by Gasteiger charge is -2.14. The van der Waals surface area contributed by atoms with Gasteiger partial charge in [0.2, 0.25) is 0 Å². The topological polar surface area (TPSA) is 35.2 Å². The van der Waals surface area contributed by atoms with Gasteiger partial charge in [-0.05, 0) is 34.7 Å². The van der Waals surface area contributed by atoms with Gasteiger partial charge in [0.15, 0.2) is 0 Å². The Morgan fingerprint density at radius 2 is 1.68 bits per heavy atom. The van der Waals surface area contributed by atoms with Crippen LogP contribution in [0, 0.1) is 0 Å². The van der Waals surface area contributed by atoms with Crippen LogP contribution in [0.5, 0.6) is 5.75 Å². The fraction of sp³-hybridized carbons (Fsp3) is 0.158. The number of hydrogen-bond acceptors (Lipinski definition) is 3. The van der Waals surface area contributed by atoms with Gasteiger partial charge in [0, 0.05) is 17.3 Å². The molecule has 2 aromatic carbocycles. The van der Waals surface area contributed by atoms with Crippen LogP contribution in [0.3, 0.4) is 0 Å². The van der Waals surface area contributed by atoms with Gasteiger partial charge in [-0.1, -0.05) is 48.5 Å². The maximum Gasteiger partial charge on any atom is 0.119 e. The molecule has 1 aromatic heterocycles. The van der Waals surface area contributed by atoms with Gasteiger partial charge >= 0.3 is 0 Å². The van der Waals surface area contributed by atoms with Gasteiger partial charge in [0.05, 0.1) is 0 Å². The van der Waals surface area contributed by atoms with Crippen molar-refractivity contribution in [3.05, 3.63) is 88.1 Å². The van der Waals surface area contributed by atoms with E-state index in [0.717, 1.165) is 5.75 Å². The van der Waals surface area contributed by atoms with Crippen LogP contribution < -0.4 is 10.5 Å². The van der Waals surface area contributed by atoms with Crippen molar-refractivity contribution in [1.29, 1.82) is 0 Å². The first-order valence-corrected chi connectivity index (χ1v) is 8.25. The number of hydrogen-bond donors (Lipinski definition) is 1. The van der Waals surface area contributed by atoms with Gasteiger partial charge in [0.1, 0.15) is 12.4 Å². The van der Waals surface area contributed by atoms with Crippen molar-refractivity contribution in [2.24, 2.45) is 5.73 Å². The summed E-state index contributed by atoms with van der Waals surface area (Å²) in [6, 6.07) is 22.7.